The van der Waals surface area contributed by atoms with Crippen molar-refractivity contribution in [3.05, 3.63) is 35.9 Å². The van der Waals surface area contributed by atoms with Gasteiger partial charge in [0.1, 0.15) is 0 Å². The Kier molecular flexibility index (Phi) is 7.19. The summed E-state index contributed by atoms with van der Waals surface area (Å²) in [5.74, 6) is -0.158. The van der Waals surface area contributed by atoms with E-state index in [1.807, 2.05) is 25.1 Å². The van der Waals surface area contributed by atoms with Gasteiger partial charge in [-0.2, -0.15) is 0 Å². The molecule has 0 saturated carbocycles. The van der Waals surface area contributed by atoms with Gasteiger partial charge in [-0.1, -0.05) is 44.2 Å². The van der Waals surface area contributed by atoms with Crippen LogP contribution >= 0.6 is 0 Å². The summed E-state index contributed by atoms with van der Waals surface area (Å²) in [6, 6.07) is 10.6. The van der Waals surface area contributed by atoms with Crippen LogP contribution in [0.2, 0.25) is 0 Å². The lowest BCUT2D eigenvalue weighted by Crippen LogP contribution is -2.34. The largest absolute Gasteiger partial charge is 0.466 e. The summed E-state index contributed by atoms with van der Waals surface area (Å²) in [4.78, 5) is 11.9. The molecule has 0 heterocycles. The Morgan fingerprint density at radius 2 is 1.95 bits per heavy atom. The third kappa shape index (κ3) is 6.39. The van der Waals surface area contributed by atoms with Gasteiger partial charge in [-0.25, -0.2) is 0 Å². The zero-order valence-electron chi connectivity index (χ0n) is 12.2. The van der Waals surface area contributed by atoms with Crippen LogP contribution in [-0.2, 0) is 16.0 Å². The fraction of sp³-hybridized carbons (Fsp3) is 0.562. The highest BCUT2D eigenvalue weighted by atomic mass is 16.5. The molecule has 0 spiro atoms. The summed E-state index contributed by atoms with van der Waals surface area (Å²) in [5.41, 5.74) is 1.27. The normalized spacial score (nSPS) is 12.4. The van der Waals surface area contributed by atoms with Gasteiger partial charge in [0.2, 0.25) is 0 Å². The fourth-order valence-electron chi connectivity index (χ4n) is 1.93. The molecule has 0 amide bonds. The molecular weight excluding hydrogens is 238 g/mol. The Morgan fingerprint density at radius 1 is 1.26 bits per heavy atom. The zero-order valence-corrected chi connectivity index (χ0v) is 12.2. The molecule has 0 aliphatic rings. The molecule has 0 radical (unpaired) electrons. The number of esters is 1. The summed E-state index contributed by atoms with van der Waals surface area (Å²) in [5, 5.41) is 3.32. The molecule has 1 atom stereocenters. The second-order valence-corrected chi connectivity index (χ2v) is 5.04. The molecule has 1 N–H and O–H groups in total. The van der Waals surface area contributed by atoms with Crippen LogP contribution in [0.15, 0.2) is 30.3 Å². The fourth-order valence-corrected chi connectivity index (χ4v) is 1.93. The van der Waals surface area contributed by atoms with E-state index in [2.05, 4.69) is 31.3 Å². The first kappa shape index (κ1) is 15.7. The van der Waals surface area contributed by atoms with Crippen molar-refractivity contribution in [2.24, 2.45) is 5.92 Å². The SMILES string of the molecule is CCOC(=O)C(CCc1ccccc1)CNC(C)C. The second kappa shape index (κ2) is 8.70. The topological polar surface area (TPSA) is 38.3 Å². The minimum absolute atomic E-state index is 0.0671. The van der Waals surface area contributed by atoms with Gasteiger partial charge < -0.3 is 10.1 Å². The van der Waals surface area contributed by atoms with E-state index in [1.165, 1.54) is 5.56 Å². The first-order valence-electron chi connectivity index (χ1n) is 7.07. The summed E-state index contributed by atoms with van der Waals surface area (Å²) in [7, 11) is 0. The van der Waals surface area contributed by atoms with Crippen LogP contribution < -0.4 is 5.32 Å². The smallest absolute Gasteiger partial charge is 0.310 e. The number of hydrogen-bond donors (Lipinski definition) is 1. The maximum atomic E-state index is 11.9. The Bertz CT molecular complexity index is 362. The maximum Gasteiger partial charge on any atom is 0.310 e. The van der Waals surface area contributed by atoms with E-state index < -0.39 is 0 Å². The van der Waals surface area contributed by atoms with Crippen LogP contribution in [0.25, 0.3) is 0 Å². The van der Waals surface area contributed by atoms with Crippen molar-refractivity contribution in [3.63, 3.8) is 0 Å². The molecule has 0 fully saturated rings. The Labute approximate surface area is 116 Å². The molecule has 0 aliphatic heterocycles. The van der Waals surface area contributed by atoms with Gasteiger partial charge >= 0.3 is 5.97 Å². The number of benzene rings is 1. The Balaban J connectivity index is 2.50. The third-order valence-corrected chi connectivity index (χ3v) is 3.02. The van der Waals surface area contributed by atoms with E-state index in [9.17, 15) is 4.79 Å². The standard InChI is InChI=1S/C16H25NO2/c1-4-19-16(18)15(12-17-13(2)3)11-10-14-8-6-5-7-9-14/h5-9,13,15,17H,4,10-12H2,1-3H3. The molecule has 3 heteroatoms. The van der Waals surface area contributed by atoms with Crippen molar-refractivity contribution in [2.45, 2.75) is 39.7 Å². The lowest BCUT2D eigenvalue weighted by atomic mass is 9.99. The van der Waals surface area contributed by atoms with Crippen molar-refractivity contribution in [2.75, 3.05) is 13.2 Å². The van der Waals surface area contributed by atoms with Crippen molar-refractivity contribution in [1.82, 2.24) is 5.32 Å². The molecule has 0 saturated heterocycles. The van der Waals surface area contributed by atoms with E-state index in [4.69, 9.17) is 4.74 Å². The average Bonchev–Trinajstić information content (AvgIpc) is 2.40. The van der Waals surface area contributed by atoms with Crippen molar-refractivity contribution in [3.8, 4) is 0 Å². The third-order valence-electron chi connectivity index (χ3n) is 3.02. The van der Waals surface area contributed by atoms with Crippen molar-refractivity contribution >= 4 is 5.97 Å². The number of ether oxygens (including phenoxy) is 1. The summed E-state index contributed by atoms with van der Waals surface area (Å²) in [6.07, 6.45) is 1.73. The van der Waals surface area contributed by atoms with Gasteiger partial charge in [-0.05, 0) is 25.3 Å². The minimum atomic E-state index is -0.0911. The second-order valence-electron chi connectivity index (χ2n) is 5.04. The predicted molar refractivity (Wildman–Crippen MR) is 78.0 cm³/mol. The number of hydrogen-bond acceptors (Lipinski definition) is 3. The molecule has 0 bridgehead atoms. The molecule has 1 unspecified atom stereocenters. The van der Waals surface area contributed by atoms with Crippen LogP contribution in [0.3, 0.4) is 0 Å². The van der Waals surface area contributed by atoms with Crippen LogP contribution in [0, 0.1) is 5.92 Å². The lowest BCUT2D eigenvalue weighted by molar-refractivity contribution is -0.148. The van der Waals surface area contributed by atoms with E-state index in [-0.39, 0.29) is 11.9 Å². The number of aryl methyl sites for hydroxylation is 1. The highest BCUT2D eigenvalue weighted by Gasteiger charge is 2.19. The molecule has 1 aromatic carbocycles. The Morgan fingerprint density at radius 3 is 2.53 bits per heavy atom. The quantitative estimate of drug-likeness (QED) is 0.733. The summed E-state index contributed by atoms with van der Waals surface area (Å²) < 4.78 is 5.15. The van der Waals surface area contributed by atoms with E-state index in [0.29, 0.717) is 19.2 Å². The first-order valence-corrected chi connectivity index (χ1v) is 7.07. The highest BCUT2D eigenvalue weighted by Crippen LogP contribution is 2.11. The molecule has 3 nitrogen and oxygen atoms in total. The zero-order chi connectivity index (χ0) is 14.1. The van der Waals surface area contributed by atoms with E-state index in [0.717, 1.165) is 12.8 Å². The van der Waals surface area contributed by atoms with Crippen molar-refractivity contribution in [1.29, 1.82) is 0 Å². The Hall–Kier alpha value is -1.35. The highest BCUT2D eigenvalue weighted by molar-refractivity contribution is 5.72. The maximum absolute atomic E-state index is 11.9. The van der Waals surface area contributed by atoms with Gasteiger partial charge in [0.05, 0.1) is 12.5 Å². The first-order chi connectivity index (χ1) is 9.13. The van der Waals surface area contributed by atoms with Crippen LogP contribution in [0.5, 0.6) is 0 Å². The molecule has 1 rings (SSSR count). The number of carbonyl (C=O) groups is 1. The minimum Gasteiger partial charge on any atom is -0.466 e. The molecule has 106 valence electrons. The van der Waals surface area contributed by atoms with E-state index >= 15 is 0 Å². The lowest BCUT2D eigenvalue weighted by Gasteiger charge is -2.17. The van der Waals surface area contributed by atoms with Gasteiger partial charge in [-0.3, -0.25) is 4.79 Å². The molecule has 19 heavy (non-hydrogen) atoms. The van der Waals surface area contributed by atoms with Gasteiger partial charge in [0, 0.05) is 12.6 Å². The van der Waals surface area contributed by atoms with Crippen LogP contribution in [0.4, 0.5) is 0 Å². The number of carbonyl (C=O) groups excluding carboxylic acids is 1. The molecular formula is C16H25NO2. The predicted octanol–water partition coefficient (Wildman–Crippen LogP) is 2.80. The molecule has 1 aromatic rings. The van der Waals surface area contributed by atoms with Gasteiger partial charge in [0.15, 0.2) is 0 Å². The summed E-state index contributed by atoms with van der Waals surface area (Å²) in [6.45, 7) is 7.15. The van der Waals surface area contributed by atoms with E-state index in [1.54, 1.807) is 0 Å². The average molecular weight is 263 g/mol. The van der Waals surface area contributed by atoms with Gasteiger partial charge in [0.25, 0.3) is 0 Å². The number of nitrogens with one attached hydrogen (secondary N) is 1. The molecule has 0 aromatic heterocycles. The number of rotatable bonds is 8. The van der Waals surface area contributed by atoms with Crippen LogP contribution in [0.1, 0.15) is 32.8 Å². The van der Waals surface area contributed by atoms with Crippen LogP contribution in [-0.4, -0.2) is 25.2 Å². The van der Waals surface area contributed by atoms with Gasteiger partial charge in [-0.15, -0.1) is 0 Å². The van der Waals surface area contributed by atoms with Crippen molar-refractivity contribution < 1.29 is 9.53 Å². The molecule has 0 aliphatic carbocycles. The summed E-state index contributed by atoms with van der Waals surface area (Å²) >= 11 is 0. The monoisotopic (exact) mass is 263 g/mol.